The van der Waals surface area contributed by atoms with Crippen LogP contribution >= 0.6 is 11.3 Å². The van der Waals surface area contributed by atoms with E-state index in [1.54, 1.807) is 36.6 Å². The lowest BCUT2D eigenvalue weighted by atomic mass is 10.1. The van der Waals surface area contributed by atoms with Gasteiger partial charge in [-0.2, -0.15) is 0 Å². The Hall–Kier alpha value is -2.61. The number of hydrogen-bond donors (Lipinski definition) is 1. The number of aliphatic hydroxyl groups excluding tert-OH is 1. The fourth-order valence-corrected chi connectivity index (χ4v) is 4.41. The van der Waals surface area contributed by atoms with Crippen LogP contribution in [0.2, 0.25) is 0 Å². The quantitative estimate of drug-likeness (QED) is 0.494. The summed E-state index contributed by atoms with van der Waals surface area (Å²) in [6.45, 7) is 5.76. The van der Waals surface area contributed by atoms with E-state index in [4.69, 9.17) is 4.98 Å². The van der Waals surface area contributed by atoms with E-state index < -0.39 is 6.10 Å². The Balaban J connectivity index is 1.75. The zero-order valence-corrected chi connectivity index (χ0v) is 17.2. The second-order valence-electron chi connectivity index (χ2n) is 7.25. The van der Waals surface area contributed by atoms with E-state index in [0.29, 0.717) is 18.9 Å². The summed E-state index contributed by atoms with van der Waals surface area (Å²) in [6, 6.07) is 10.3. The van der Waals surface area contributed by atoms with E-state index in [-0.39, 0.29) is 5.82 Å². The summed E-state index contributed by atoms with van der Waals surface area (Å²) in [6.07, 6.45) is 3.19. The molecule has 4 aromatic rings. The predicted molar refractivity (Wildman–Crippen MR) is 113 cm³/mol. The van der Waals surface area contributed by atoms with Crippen molar-refractivity contribution < 1.29 is 9.50 Å². The maximum Gasteiger partial charge on any atom is 0.234 e. The van der Waals surface area contributed by atoms with Gasteiger partial charge >= 0.3 is 0 Å². The number of benzene rings is 1. The average Bonchev–Trinajstić information content (AvgIpc) is 3.26. The lowest BCUT2D eigenvalue weighted by Crippen LogP contribution is -2.30. The number of hydrogen-bond acceptors (Lipinski definition) is 5. The second kappa shape index (κ2) is 8.41. The molecule has 0 amide bonds. The Morgan fingerprint density at radius 2 is 2.00 bits per heavy atom. The second-order valence-corrected chi connectivity index (χ2v) is 8.25. The monoisotopic (exact) mass is 410 g/mol. The molecule has 1 N–H and O–H groups in total. The van der Waals surface area contributed by atoms with Crippen molar-refractivity contribution in [3.63, 3.8) is 0 Å². The summed E-state index contributed by atoms with van der Waals surface area (Å²) in [4.78, 5) is 12.6. The third-order valence-electron chi connectivity index (χ3n) is 4.85. The van der Waals surface area contributed by atoms with Crippen LogP contribution < -0.4 is 0 Å². The number of nitrogens with zero attached hydrogens (tertiary/aromatic N) is 4. The van der Waals surface area contributed by atoms with E-state index >= 15 is 0 Å². The van der Waals surface area contributed by atoms with Gasteiger partial charge in [-0.3, -0.25) is 9.30 Å². The molecule has 150 valence electrons. The molecule has 0 bridgehead atoms. The normalized spacial score (nSPS) is 12.7. The average molecular weight is 411 g/mol. The highest BCUT2D eigenvalue weighted by Gasteiger charge is 2.20. The van der Waals surface area contributed by atoms with E-state index in [1.807, 2.05) is 16.7 Å². The highest BCUT2D eigenvalue weighted by molar-refractivity contribution is 7.10. The molecule has 0 aliphatic heterocycles. The number of thiophene rings is 1. The molecule has 1 aromatic carbocycles. The lowest BCUT2D eigenvalue weighted by Gasteiger charge is -2.24. The summed E-state index contributed by atoms with van der Waals surface area (Å²) in [5.74, 6) is 0.326. The first kappa shape index (κ1) is 19.7. The van der Waals surface area contributed by atoms with Crippen molar-refractivity contribution in [1.29, 1.82) is 0 Å². The van der Waals surface area contributed by atoms with Gasteiger partial charge in [-0.05, 0) is 61.2 Å². The van der Waals surface area contributed by atoms with Crippen molar-refractivity contribution in [2.45, 2.75) is 33.0 Å². The van der Waals surface area contributed by atoms with Crippen LogP contribution in [0.1, 0.15) is 23.1 Å². The Morgan fingerprint density at radius 1 is 1.21 bits per heavy atom. The van der Waals surface area contributed by atoms with Crippen LogP contribution in [-0.2, 0) is 13.1 Å². The Labute approximate surface area is 173 Å². The smallest absolute Gasteiger partial charge is 0.234 e. The lowest BCUT2D eigenvalue weighted by molar-refractivity contribution is 0.118. The summed E-state index contributed by atoms with van der Waals surface area (Å²) in [5, 5.41) is 12.2. The molecule has 0 aliphatic carbocycles. The van der Waals surface area contributed by atoms with Crippen molar-refractivity contribution in [3.8, 4) is 11.3 Å². The maximum absolute atomic E-state index is 13.4. The third-order valence-corrected chi connectivity index (χ3v) is 5.86. The molecule has 0 spiro atoms. The zero-order valence-electron chi connectivity index (χ0n) is 16.4. The molecule has 0 aliphatic rings. The molecule has 7 heteroatoms. The Morgan fingerprint density at radius 3 is 2.69 bits per heavy atom. The number of fused-ring (bicyclic) bond motifs is 1. The van der Waals surface area contributed by atoms with Gasteiger partial charge in [0, 0.05) is 42.5 Å². The molecule has 1 atom stereocenters. The molecule has 0 fully saturated rings. The third kappa shape index (κ3) is 4.37. The van der Waals surface area contributed by atoms with Gasteiger partial charge < -0.3 is 5.11 Å². The van der Waals surface area contributed by atoms with Gasteiger partial charge in [-0.25, -0.2) is 14.4 Å². The summed E-state index contributed by atoms with van der Waals surface area (Å²) in [7, 11) is 0. The number of halogens is 1. The molecule has 3 heterocycles. The van der Waals surface area contributed by atoms with Crippen LogP contribution in [0.25, 0.3) is 17.0 Å². The van der Waals surface area contributed by atoms with Gasteiger partial charge in [0.1, 0.15) is 5.82 Å². The van der Waals surface area contributed by atoms with E-state index in [0.717, 1.165) is 23.5 Å². The topological polar surface area (TPSA) is 53.7 Å². The first-order valence-corrected chi connectivity index (χ1v) is 10.4. The van der Waals surface area contributed by atoms with Crippen LogP contribution in [0, 0.1) is 12.7 Å². The van der Waals surface area contributed by atoms with Gasteiger partial charge in [0.05, 0.1) is 17.5 Å². The van der Waals surface area contributed by atoms with Crippen molar-refractivity contribution in [2.24, 2.45) is 0 Å². The molecule has 3 aromatic heterocycles. The van der Waals surface area contributed by atoms with Crippen LogP contribution in [-0.4, -0.2) is 37.0 Å². The fourth-order valence-electron chi connectivity index (χ4n) is 3.46. The predicted octanol–water partition coefficient (Wildman–Crippen LogP) is 4.29. The molecule has 4 rings (SSSR count). The van der Waals surface area contributed by atoms with Gasteiger partial charge in [-0.1, -0.05) is 0 Å². The molecule has 0 radical (unpaired) electrons. The highest BCUT2D eigenvalue weighted by Crippen LogP contribution is 2.27. The first-order chi connectivity index (χ1) is 14.0. The van der Waals surface area contributed by atoms with E-state index in [1.165, 1.54) is 22.6 Å². The summed E-state index contributed by atoms with van der Waals surface area (Å²) in [5.41, 5.74) is 3.84. The summed E-state index contributed by atoms with van der Waals surface area (Å²) >= 11 is 1.72. The number of imidazole rings is 1. The molecule has 5 nitrogen and oxygen atoms in total. The van der Waals surface area contributed by atoms with Crippen LogP contribution in [0.5, 0.6) is 0 Å². The molecule has 0 saturated carbocycles. The van der Waals surface area contributed by atoms with Gasteiger partial charge in [0.2, 0.25) is 5.78 Å². The number of aliphatic hydroxyl groups is 1. The van der Waals surface area contributed by atoms with Crippen molar-refractivity contribution in [2.75, 3.05) is 6.54 Å². The largest absolute Gasteiger partial charge is 0.392 e. The molecular formula is C22H23FN4OS. The van der Waals surface area contributed by atoms with Crippen molar-refractivity contribution in [1.82, 2.24) is 19.3 Å². The molecule has 0 saturated heterocycles. The van der Waals surface area contributed by atoms with Crippen LogP contribution in [0.3, 0.4) is 0 Å². The first-order valence-electron chi connectivity index (χ1n) is 9.52. The standard InChI is InChI=1S/C22H23FN4OS/c1-15-8-11-29-20(15)14-26(12-16(2)28)13-19-21(17-4-6-18(23)7-5-17)25-22-24-9-3-10-27(19)22/h3-11,16,28H,12-14H2,1-2H3. The number of rotatable bonds is 7. The SMILES string of the molecule is Cc1ccsc1CN(Cc1c(-c2ccc(F)cc2)nc2ncccn12)CC(C)O. The maximum atomic E-state index is 13.4. The Bertz CT molecular complexity index is 1100. The van der Waals surface area contributed by atoms with Crippen molar-refractivity contribution >= 4 is 17.1 Å². The van der Waals surface area contributed by atoms with E-state index in [9.17, 15) is 9.50 Å². The van der Waals surface area contributed by atoms with Crippen LogP contribution in [0.4, 0.5) is 4.39 Å². The minimum absolute atomic E-state index is 0.277. The zero-order chi connectivity index (χ0) is 20.4. The van der Waals surface area contributed by atoms with Gasteiger partial charge in [-0.15, -0.1) is 11.3 Å². The highest BCUT2D eigenvalue weighted by atomic mass is 32.1. The van der Waals surface area contributed by atoms with Crippen molar-refractivity contribution in [3.05, 3.63) is 76.1 Å². The summed E-state index contributed by atoms with van der Waals surface area (Å²) < 4.78 is 15.4. The number of aryl methyl sites for hydroxylation is 1. The fraction of sp³-hybridized carbons (Fsp3) is 0.273. The molecule has 29 heavy (non-hydrogen) atoms. The van der Waals surface area contributed by atoms with E-state index in [2.05, 4.69) is 28.3 Å². The van der Waals surface area contributed by atoms with Crippen LogP contribution in [0.15, 0.2) is 54.2 Å². The Kier molecular flexibility index (Phi) is 5.71. The molecule has 1 unspecified atom stereocenters. The minimum Gasteiger partial charge on any atom is -0.392 e. The van der Waals surface area contributed by atoms with Gasteiger partial charge in [0.25, 0.3) is 0 Å². The number of aromatic nitrogens is 3. The molecular weight excluding hydrogens is 387 g/mol. The van der Waals surface area contributed by atoms with Gasteiger partial charge in [0.15, 0.2) is 0 Å². The minimum atomic E-state index is -0.457.